The molecular weight excluding hydrogens is 549 g/mol. The maximum atomic E-state index is 14.5. The Kier molecular flexibility index (Phi) is 9.72. The molecule has 4 aromatic carbocycles. The van der Waals surface area contributed by atoms with Crippen LogP contribution >= 0.6 is 23.4 Å². The molecule has 0 aliphatic rings. The van der Waals surface area contributed by atoms with Crippen molar-refractivity contribution in [3.63, 3.8) is 0 Å². The summed E-state index contributed by atoms with van der Waals surface area (Å²) >= 11 is 7.47. The molecule has 0 aromatic heterocycles. The van der Waals surface area contributed by atoms with Gasteiger partial charge in [-0.1, -0.05) is 54.1 Å². The van der Waals surface area contributed by atoms with Crippen molar-refractivity contribution in [2.24, 2.45) is 0 Å². The molecular formula is C31H25ClFN3O3S. The number of hydrogen-bond donors (Lipinski definition) is 3. The summed E-state index contributed by atoms with van der Waals surface area (Å²) in [6.45, 7) is 1.95. The number of amides is 3. The average Bonchev–Trinajstić information content (AvgIpc) is 2.94. The SMILES string of the molecule is Cc1cccc(NC(=O)CSc2cccc(NC(=O)/C(=C\c3c(F)cccc3Cl)NC(=O)c3ccccc3)c2)c1. The van der Waals surface area contributed by atoms with Gasteiger partial charge in [-0.05, 0) is 73.2 Å². The molecule has 0 heterocycles. The second-order valence-corrected chi connectivity index (χ2v) is 10.2. The number of benzene rings is 4. The molecule has 3 N–H and O–H groups in total. The van der Waals surface area contributed by atoms with Gasteiger partial charge in [-0.3, -0.25) is 14.4 Å². The van der Waals surface area contributed by atoms with Crippen molar-refractivity contribution in [3.8, 4) is 0 Å². The van der Waals surface area contributed by atoms with Gasteiger partial charge >= 0.3 is 0 Å². The standard InChI is InChI=1S/C31H25ClFN3O3S/c1-20-8-5-11-22(16-20)34-29(37)19-40-24-13-6-12-23(17-24)35-31(39)28(18-25-26(32)14-7-15-27(25)33)36-30(38)21-9-3-2-4-10-21/h2-18H,19H2,1H3,(H,34,37)(H,35,39)(H,36,38)/b28-18+. The largest absolute Gasteiger partial charge is 0.325 e. The number of anilines is 2. The van der Waals surface area contributed by atoms with Crippen LogP contribution in [0.4, 0.5) is 15.8 Å². The molecule has 0 atom stereocenters. The van der Waals surface area contributed by atoms with Gasteiger partial charge in [-0.2, -0.15) is 0 Å². The molecule has 40 heavy (non-hydrogen) atoms. The molecule has 0 bridgehead atoms. The fourth-order valence-electron chi connectivity index (χ4n) is 3.67. The Morgan fingerprint density at radius 1 is 0.850 bits per heavy atom. The van der Waals surface area contributed by atoms with Gasteiger partial charge in [0.05, 0.1) is 10.8 Å². The fraction of sp³-hybridized carbons (Fsp3) is 0.0645. The quantitative estimate of drug-likeness (QED) is 0.150. The van der Waals surface area contributed by atoms with Gasteiger partial charge in [0, 0.05) is 27.4 Å². The van der Waals surface area contributed by atoms with Crippen LogP contribution in [-0.4, -0.2) is 23.5 Å². The molecule has 0 spiro atoms. The molecule has 6 nitrogen and oxygen atoms in total. The van der Waals surface area contributed by atoms with Crippen molar-refractivity contribution in [2.75, 3.05) is 16.4 Å². The summed E-state index contributed by atoms with van der Waals surface area (Å²) in [5.41, 5.74) is 2.28. The van der Waals surface area contributed by atoms with Crippen molar-refractivity contribution < 1.29 is 18.8 Å². The van der Waals surface area contributed by atoms with Crippen LogP contribution in [0.3, 0.4) is 0 Å². The summed E-state index contributed by atoms with van der Waals surface area (Å²) in [6, 6.07) is 26.9. The second kappa shape index (κ2) is 13.6. The molecule has 0 aliphatic heterocycles. The van der Waals surface area contributed by atoms with Gasteiger partial charge in [0.2, 0.25) is 5.91 Å². The summed E-state index contributed by atoms with van der Waals surface area (Å²) in [5, 5.41) is 8.24. The van der Waals surface area contributed by atoms with E-state index in [2.05, 4.69) is 16.0 Å². The zero-order valence-electron chi connectivity index (χ0n) is 21.4. The van der Waals surface area contributed by atoms with Crippen LogP contribution < -0.4 is 16.0 Å². The summed E-state index contributed by atoms with van der Waals surface area (Å²) in [5.74, 6) is -1.87. The zero-order chi connectivity index (χ0) is 28.5. The number of hydrogen-bond acceptors (Lipinski definition) is 4. The Morgan fingerprint density at radius 3 is 2.27 bits per heavy atom. The van der Waals surface area contributed by atoms with E-state index in [9.17, 15) is 18.8 Å². The third kappa shape index (κ3) is 8.05. The van der Waals surface area contributed by atoms with Crippen LogP contribution in [0.25, 0.3) is 6.08 Å². The lowest BCUT2D eigenvalue weighted by Crippen LogP contribution is -2.30. The first-order chi connectivity index (χ1) is 19.3. The Balaban J connectivity index is 1.48. The topological polar surface area (TPSA) is 87.3 Å². The summed E-state index contributed by atoms with van der Waals surface area (Å²) in [4.78, 5) is 39.3. The van der Waals surface area contributed by atoms with Gasteiger partial charge < -0.3 is 16.0 Å². The van der Waals surface area contributed by atoms with Crippen molar-refractivity contribution in [3.05, 3.63) is 130 Å². The number of thioether (sulfide) groups is 1. The molecule has 0 fully saturated rings. The van der Waals surface area contributed by atoms with Gasteiger partial charge in [0.15, 0.2) is 0 Å². The summed E-state index contributed by atoms with van der Waals surface area (Å²) < 4.78 is 14.5. The minimum atomic E-state index is -0.678. The zero-order valence-corrected chi connectivity index (χ0v) is 23.0. The van der Waals surface area contributed by atoms with E-state index >= 15 is 0 Å². The van der Waals surface area contributed by atoms with E-state index in [1.807, 2.05) is 37.3 Å². The first kappa shape index (κ1) is 28.6. The highest BCUT2D eigenvalue weighted by Gasteiger charge is 2.17. The molecule has 4 rings (SSSR count). The molecule has 0 aliphatic carbocycles. The van der Waals surface area contributed by atoms with Crippen molar-refractivity contribution in [1.82, 2.24) is 5.32 Å². The van der Waals surface area contributed by atoms with Gasteiger partial charge in [-0.15, -0.1) is 11.8 Å². The molecule has 9 heteroatoms. The molecule has 202 valence electrons. The van der Waals surface area contributed by atoms with Crippen molar-refractivity contribution in [2.45, 2.75) is 11.8 Å². The number of halogens is 2. The Morgan fingerprint density at radius 2 is 1.55 bits per heavy atom. The highest BCUT2D eigenvalue weighted by Crippen LogP contribution is 2.24. The Labute approximate surface area is 240 Å². The van der Waals surface area contributed by atoms with E-state index in [4.69, 9.17) is 11.6 Å². The first-order valence-corrected chi connectivity index (χ1v) is 13.6. The van der Waals surface area contributed by atoms with Gasteiger partial charge in [0.1, 0.15) is 11.5 Å². The highest BCUT2D eigenvalue weighted by molar-refractivity contribution is 8.00. The average molecular weight is 574 g/mol. The molecule has 0 radical (unpaired) electrons. The Bertz CT molecular complexity index is 1560. The van der Waals surface area contributed by atoms with E-state index in [1.54, 1.807) is 48.5 Å². The third-order valence-electron chi connectivity index (χ3n) is 5.58. The minimum Gasteiger partial charge on any atom is -0.325 e. The normalized spacial score (nSPS) is 11.0. The van der Waals surface area contributed by atoms with Crippen LogP contribution in [0.5, 0.6) is 0 Å². The summed E-state index contributed by atoms with van der Waals surface area (Å²) in [7, 11) is 0. The number of aryl methyl sites for hydroxylation is 1. The molecule has 3 amide bonds. The predicted molar refractivity (Wildman–Crippen MR) is 159 cm³/mol. The van der Waals surface area contributed by atoms with Crippen LogP contribution in [0, 0.1) is 12.7 Å². The van der Waals surface area contributed by atoms with Gasteiger partial charge in [-0.25, -0.2) is 4.39 Å². The number of nitrogens with one attached hydrogen (secondary N) is 3. The predicted octanol–water partition coefficient (Wildman–Crippen LogP) is 6.93. The molecule has 0 unspecified atom stereocenters. The first-order valence-electron chi connectivity index (χ1n) is 12.2. The van der Waals surface area contributed by atoms with E-state index < -0.39 is 17.6 Å². The van der Waals surface area contributed by atoms with E-state index in [0.29, 0.717) is 11.3 Å². The van der Waals surface area contributed by atoms with Crippen molar-refractivity contribution >= 4 is 58.5 Å². The van der Waals surface area contributed by atoms with E-state index in [0.717, 1.165) is 16.1 Å². The van der Waals surface area contributed by atoms with Crippen LogP contribution in [0.15, 0.2) is 108 Å². The van der Waals surface area contributed by atoms with E-state index in [1.165, 1.54) is 36.0 Å². The van der Waals surface area contributed by atoms with Crippen LogP contribution in [0.1, 0.15) is 21.5 Å². The maximum absolute atomic E-state index is 14.5. The van der Waals surface area contributed by atoms with Crippen molar-refractivity contribution in [1.29, 1.82) is 0 Å². The van der Waals surface area contributed by atoms with Gasteiger partial charge in [0.25, 0.3) is 11.8 Å². The maximum Gasteiger partial charge on any atom is 0.272 e. The smallest absolute Gasteiger partial charge is 0.272 e. The minimum absolute atomic E-state index is 0.0355. The number of rotatable bonds is 9. The third-order valence-corrected chi connectivity index (χ3v) is 6.90. The lowest BCUT2D eigenvalue weighted by Gasteiger charge is -2.13. The monoisotopic (exact) mass is 573 g/mol. The Hall–Kier alpha value is -4.40. The lowest BCUT2D eigenvalue weighted by molar-refractivity contribution is -0.114. The summed E-state index contributed by atoms with van der Waals surface area (Å²) in [6.07, 6.45) is 1.20. The van der Waals surface area contributed by atoms with Crippen LogP contribution in [-0.2, 0) is 9.59 Å². The highest BCUT2D eigenvalue weighted by atomic mass is 35.5. The number of carbonyl (C=O) groups excluding carboxylic acids is 3. The molecule has 0 saturated carbocycles. The van der Waals surface area contributed by atoms with Crippen LogP contribution in [0.2, 0.25) is 5.02 Å². The lowest BCUT2D eigenvalue weighted by atomic mass is 10.1. The second-order valence-electron chi connectivity index (χ2n) is 8.70. The number of carbonyl (C=O) groups is 3. The fourth-order valence-corrected chi connectivity index (χ4v) is 4.64. The molecule has 4 aromatic rings. The van der Waals surface area contributed by atoms with E-state index in [-0.39, 0.29) is 27.9 Å². The molecule has 0 saturated heterocycles.